The van der Waals surface area contributed by atoms with Gasteiger partial charge >= 0.3 is 0 Å². The summed E-state index contributed by atoms with van der Waals surface area (Å²) in [5, 5.41) is 3.49. The van der Waals surface area contributed by atoms with E-state index in [2.05, 4.69) is 30.6 Å². The molecule has 1 saturated carbocycles. The lowest BCUT2D eigenvalue weighted by molar-refractivity contribution is 0.344. The molecule has 1 aliphatic heterocycles. The van der Waals surface area contributed by atoms with E-state index in [9.17, 15) is 0 Å². The molecule has 1 aromatic rings. The third-order valence-corrected chi connectivity index (χ3v) is 4.81. The van der Waals surface area contributed by atoms with Gasteiger partial charge in [0.25, 0.3) is 0 Å². The summed E-state index contributed by atoms with van der Waals surface area (Å²) in [6, 6.07) is 7.08. The molecule has 1 N–H and O–H groups in total. The van der Waals surface area contributed by atoms with Crippen LogP contribution in [-0.4, -0.2) is 13.7 Å². The van der Waals surface area contributed by atoms with Gasteiger partial charge < -0.3 is 10.1 Å². The molecule has 0 bridgehead atoms. The lowest BCUT2D eigenvalue weighted by atomic mass is 9.93. The molecular formula is C17H25NO. The van der Waals surface area contributed by atoms with E-state index in [0.717, 1.165) is 24.7 Å². The zero-order chi connectivity index (χ0) is 13.1. The Bertz CT molecular complexity index is 423. The lowest BCUT2D eigenvalue weighted by Gasteiger charge is -2.21. The van der Waals surface area contributed by atoms with Crippen molar-refractivity contribution in [2.75, 3.05) is 13.7 Å². The van der Waals surface area contributed by atoms with Crippen LogP contribution in [0.1, 0.15) is 55.7 Å². The van der Waals surface area contributed by atoms with Gasteiger partial charge in [-0.15, -0.1) is 0 Å². The van der Waals surface area contributed by atoms with Gasteiger partial charge in [0.1, 0.15) is 5.75 Å². The fraction of sp³-hybridized carbons (Fsp3) is 0.647. The summed E-state index contributed by atoms with van der Waals surface area (Å²) in [4.78, 5) is 0. The minimum atomic E-state index is 0.452. The van der Waals surface area contributed by atoms with Crippen LogP contribution >= 0.6 is 0 Å². The second-order valence-electron chi connectivity index (χ2n) is 6.00. The first-order chi connectivity index (χ1) is 9.38. The molecular weight excluding hydrogens is 234 g/mol. The summed E-state index contributed by atoms with van der Waals surface area (Å²) in [5.41, 5.74) is 2.76. The van der Waals surface area contributed by atoms with E-state index in [-0.39, 0.29) is 0 Å². The number of hydrogen-bond donors (Lipinski definition) is 1. The number of hydrogen-bond acceptors (Lipinski definition) is 2. The fourth-order valence-corrected chi connectivity index (χ4v) is 3.67. The Hall–Kier alpha value is -1.02. The van der Waals surface area contributed by atoms with Crippen LogP contribution in [0.3, 0.4) is 0 Å². The van der Waals surface area contributed by atoms with E-state index in [1.807, 2.05) is 0 Å². The molecule has 0 amide bonds. The molecule has 1 fully saturated rings. The Morgan fingerprint density at radius 1 is 1.32 bits per heavy atom. The third-order valence-electron chi connectivity index (χ3n) is 4.81. The molecule has 2 nitrogen and oxygen atoms in total. The smallest absolute Gasteiger partial charge is 0.127 e. The molecule has 19 heavy (non-hydrogen) atoms. The summed E-state index contributed by atoms with van der Waals surface area (Å²) in [6.07, 6.45) is 9.44. The maximum absolute atomic E-state index is 5.84. The highest BCUT2D eigenvalue weighted by Crippen LogP contribution is 2.37. The minimum Gasteiger partial charge on any atom is -0.493 e. The quantitative estimate of drug-likeness (QED) is 0.867. The molecule has 1 aliphatic carbocycles. The second-order valence-corrected chi connectivity index (χ2v) is 6.00. The van der Waals surface area contributed by atoms with Gasteiger partial charge in [-0.1, -0.05) is 43.9 Å². The van der Waals surface area contributed by atoms with Crippen LogP contribution in [0.15, 0.2) is 18.2 Å². The maximum Gasteiger partial charge on any atom is 0.127 e. The predicted octanol–water partition coefficient (Wildman–Crippen LogP) is 3.85. The number of benzene rings is 1. The van der Waals surface area contributed by atoms with Gasteiger partial charge in [-0.25, -0.2) is 0 Å². The van der Waals surface area contributed by atoms with Crippen molar-refractivity contribution >= 4 is 0 Å². The Kier molecular flexibility index (Phi) is 4.07. The van der Waals surface area contributed by atoms with E-state index >= 15 is 0 Å². The van der Waals surface area contributed by atoms with Gasteiger partial charge in [-0.05, 0) is 31.4 Å². The number of ether oxygens (including phenoxy) is 1. The fourth-order valence-electron chi connectivity index (χ4n) is 3.67. The van der Waals surface area contributed by atoms with Gasteiger partial charge in [-0.2, -0.15) is 0 Å². The Morgan fingerprint density at radius 3 is 2.95 bits per heavy atom. The Labute approximate surface area is 116 Å². The summed E-state index contributed by atoms with van der Waals surface area (Å²) >= 11 is 0. The van der Waals surface area contributed by atoms with Gasteiger partial charge in [0, 0.05) is 18.0 Å². The van der Waals surface area contributed by atoms with Crippen molar-refractivity contribution in [3.8, 4) is 5.75 Å². The number of para-hydroxylation sites is 1. The van der Waals surface area contributed by atoms with Gasteiger partial charge in [0.2, 0.25) is 0 Å². The molecule has 3 rings (SSSR count). The van der Waals surface area contributed by atoms with E-state index < -0.39 is 0 Å². The molecule has 2 aliphatic rings. The van der Waals surface area contributed by atoms with E-state index in [1.54, 1.807) is 0 Å². The number of rotatable bonds is 5. The minimum absolute atomic E-state index is 0.452. The van der Waals surface area contributed by atoms with E-state index in [4.69, 9.17) is 4.74 Å². The van der Waals surface area contributed by atoms with Gasteiger partial charge in [0.15, 0.2) is 0 Å². The molecule has 0 radical (unpaired) electrons. The SMILES string of the molecule is CNC(CCC1CCCC1)c1cccc2c1OCC2. The maximum atomic E-state index is 5.84. The second kappa shape index (κ2) is 5.96. The number of fused-ring (bicyclic) bond motifs is 1. The summed E-state index contributed by atoms with van der Waals surface area (Å²) < 4.78 is 5.84. The Balaban J connectivity index is 1.69. The first kappa shape index (κ1) is 13.0. The van der Waals surface area contributed by atoms with Crippen LogP contribution in [0.4, 0.5) is 0 Å². The molecule has 0 saturated heterocycles. The average Bonchev–Trinajstić information content (AvgIpc) is 3.10. The largest absolute Gasteiger partial charge is 0.493 e. The van der Waals surface area contributed by atoms with Crippen molar-refractivity contribution in [3.05, 3.63) is 29.3 Å². The monoisotopic (exact) mass is 259 g/mol. The van der Waals surface area contributed by atoms with Crippen molar-refractivity contribution in [3.63, 3.8) is 0 Å². The van der Waals surface area contributed by atoms with E-state index in [0.29, 0.717) is 6.04 Å². The molecule has 1 unspecified atom stereocenters. The summed E-state index contributed by atoms with van der Waals surface area (Å²) in [6.45, 7) is 0.853. The molecule has 2 heteroatoms. The number of nitrogens with one attached hydrogen (secondary N) is 1. The lowest BCUT2D eigenvalue weighted by Crippen LogP contribution is -2.18. The van der Waals surface area contributed by atoms with Crippen molar-refractivity contribution in [1.29, 1.82) is 0 Å². The summed E-state index contributed by atoms with van der Waals surface area (Å²) in [7, 11) is 2.08. The van der Waals surface area contributed by atoms with E-state index in [1.165, 1.54) is 49.7 Å². The first-order valence-corrected chi connectivity index (χ1v) is 7.80. The highest BCUT2D eigenvalue weighted by Gasteiger charge is 2.23. The van der Waals surface area contributed by atoms with Crippen LogP contribution in [0.25, 0.3) is 0 Å². The topological polar surface area (TPSA) is 21.3 Å². The van der Waals surface area contributed by atoms with Crippen molar-refractivity contribution in [2.45, 2.75) is 51.0 Å². The van der Waals surface area contributed by atoms with Crippen molar-refractivity contribution in [2.24, 2.45) is 5.92 Å². The zero-order valence-electron chi connectivity index (χ0n) is 12.0. The third kappa shape index (κ3) is 2.79. The van der Waals surface area contributed by atoms with Gasteiger partial charge in [0.05, 0.1) is 6.61 Å². The Morgan fingerprint density at radius 2 is 2.16 bits per heavy atom. The molecule has 1 aromatic carbocycles. The molecule has 1 heterocycles. The summed E-state index contributed by atoms with van der Waals surface area (Å²) in [5.74, 6) is 2.13. The van der Waals surface area contributed by atoms with Crippen LogP contribution in [0.2, 0.25) is 0 Å². The van der Waals surface area contributed by atoms with Crippen LogP contribution in [-0.2, 0) is 6.42 Å². The highest BCUT2D eigenvalue weighted by atomic mass is 16.5. The van der Waals surface area contributed by atoms with Crippen molar-refractivity contribution in [1.82, 2.24) is 5.32 Å². The molecule has 0 spiro atoms. The van der Waals surface area contributed by atoms with Crippen LogP contribution < -0.4 is 10.1 Å². The van der Waals surface area contributed by atoms with Crippen molar-refractivity contribution < 1.29 is 4.74 Å². The highest BCUT2D eigenvalue weighted by molar-refractivity contribution is 5.45. The standard InChI is InChI=1S/C17H25NO/c1-18-16(10-9-13-5-2-3-6-13)15-8-4-7-14-11-12-19-17(14)15/h4,7-8,13,16,18H,2-3,5-6,9-12H2,1H3. The normalized spacial score (nSPS) is 20.3. The zero-order valence-corrected chi connectivity index (χ0v) is 12.0. The predicted molar refractivity (Wildman–Crippen MR) is 78.6 cm³/mol. The average molecular weight is 259 g/mol. The van der Waals surface area contributed by atoms with Crippen LogP contribution in [0.5, 0.6) is 5.75 Å². The van der Waals surface area contributed by atoms with Crippen LogP contribution in [0, 0.1) is 5.92 Å². The van der Waals surface area contributed by atoms with Gasteiger partial charge in [-0.3, -0.25) is 0 Å². The molecule has 0 aromatic heterocycles. The molecule has 1 atom stereocenters. The first-order valence-electron chi connectivity index (χ1n) is 7.80. The molecule has 104 valence electrons.